The second kappa shape index (κ2) is 5.06. The van der Waals surface area contributed by atoms with Crippen molar-refractivity contribution in [1.29, 1.82) is 5.26 Å². The van der Waals surface area contributed by atoms with Crippen molar-refractivity contribution in [2.24, 2.45) is 0 Å². The van der Waals surface area contributed by atoms with Crippen LogP contribution in [-0.2, 0) is 4.79 Å². The minimum absolute atomic E-state index is 0.185. The maximum absolute atomic E-state index is 10.8. The average Bonchev–Trinajstić information content (AvgIpc) is 2.39. The SMILES string of the molecule is CC(=O)Nc1cnc(-c2ccc(C#N)cc2)cn1. The normalized spacial score (nSPS) is 9.56. The lowest BCUT2D eigenvalue weighted by Crippen LogP contribution is -2.07. The molecule has 0 spiro atoms. The summed E-state index contributed by atoms with van der Waals surface area (Å²) in [5.74, 6) is 0.232. The third-order valence-electron chi connectivity index (χ3n) is 2.27. The first-order valence-electron chi connectivity index (χ1n) is 5.29. The molecule has 0 unspecified atom stereocenters. The van der Waals surface area contributed by atoms with Gasteiger partial charge in [-0.2, -0.15) is 5.26 Å². The van der Waals surface area contributed by atoms with E-state index in [4.69, 9.17) is 5.26 Å². The zero-order valence-corrected chi connectivity index (χ0v) is 9.71. The fraction of sp³-hybridized carbons (Fsp3) is 0.0769. The van der Waals surface area contributed by atoms with Crippen LogP contribution in [-0.4, -0.2) is 15.9 Å². The van der Waals surface area contributed by atoms with E-state index >= 15 is 0 Å². The molecule has 1 N–H and O–H groups in total. The summed E-state index contributed by atoms with van der Waals surface area (Å²) in [5.41, 5.74) is 2.16. The molecule has 5 heteroatoms. The van der Waals surface area contributed by atoms with Crippen LogP contribution in [0.5, 0.6) is 0 Å². The number of carbonyl (C=O) groups is 1. The molecular formula is C13H10N4O. The van der Waals surface area contributed by atoms with Gasteiger partial charge >= 0.3 is 0 Å². The molecule has 0 radical (unpaired) electrons. The zero-order valence-electron chi connectivity index (χ0n) is 9.71. The van der Waals surface area contributed by atoms with Crippen LogP contribution in [0.3, 0.4) is 0 Å². The molecule has 5 nitrogen and oxygen atoms in total. The highest BCUT2D eigenvalue weighted by Gasteiger charge is 2.02. The van der Waals surface area contributed by atoms with E-state index in [9.17, 15) is 4.79 Å². The summed E-state index contributed by atoms with van der Waals surface area (Å²) >= 11 is 0. The van der Waals surface area contributed by atoms with Crippen molar-refractivity contribution in [3.05, 3.63) is 42.2 Å². The molecule has 18 heavy (non-hydrogen) atoms. The van der Waals surface area contributed by atoms with Gasteiger partial charge in [0.15, 0.2) is 5.82 Å². The molecule has 0 bridgehead atoms. The van der Waals surface area contributed by atoms with Gasteiger partial charge in [-0.3, -0.25) is 9.78 Å². The van der Waals surface area contributed by atoms with Crippen molar-refractivity contribution in [3.8, 4) is 17.3 Å². The average molecular weight is 238 g/mol. The molecule has 0 aliphatic carbocycles. The number of nitrogens with one attached hydrogen (secondary N) is 1. The van der Waals surface area contributed by atoms with Crippen LogP contribution in [0.15, 0.2) is 36.7 Å². The monoisotopic (exact) mass is 238 g/mol. The highest BCUT2D eigenvalue weighted by Crippen LogP contribution is 2.17. The maximum atomic E-state index is 10.8. The largest absolute Gasteiger partial charge is 0.310 e. The second-order valence-electron chi connectivity index (χ2n) is 3.66. The van der Waals surface area contributed by atoms with E-state index in [0.717, 1.165) is 5.56 Å². The van der Waals surface area contributed by atoms with E-state index in [0.29, 0.717) is 17.1 Å². The Morgan fingerprint density at radius 3 is 2.44 bits per heavy atom. The molecule has 1 aromatic carbocycles. The van der Waals surface area contributed by atoms with Crippen molar-refractivity contribution in [1.82, 2.24) is 9.97 Å². The van der Waals surface area contributed by atoms with E-state index in [1.54, 1.807) is 30.5 Å². The van der Waals surface area contributed by atoms with Crippen LogP contribution in [0, 0.1) is 11.3 Å². The molecule has 1 aromatic heterocycles. The fourth-order valence-electron chi connectivity index (χ4n) is 1.44. The van der Waals surface area contributed by atoms with Crippen LogP contribution in [0.25, 0.3) is 11.3 Å². The lowest BCUT2D eigenvalue weighted by atomic mass is 10.1. The van der Waals surface area contributed by atoms with E-state index in [1.165, 1.54) is 13.1 Å². The molecule has 0 saturated carbocycles. The molecule has 0 fully saturated rings. The summed E-state index contributed by atoms with van der Waals surface area (Å²) in [6, 6.07) is 9.11. The van der Waals surface area contributed by atoms with Crippen LogP contribution < -0.4 is 5.32 Å². The van der Waals surface area contributed by atoms with Crippen LogP contribution in [0.4, 0.5) is 5.82 Å². The Balaban J connectivity index is 2.23. The number of amides is 1. The zero-order chi connectivity index (χ0) is 13.0. The Morgan fingerprint density at radius 1 is 1.22 bits per heavy atom. The predicted octanol–water partition coefficient (Wildman–Crippen LogP) is 1.97. The van der Waals surface area contributed by atoms with Crippen molar-refractivity contribution in [2.45, 2.75) is 6.92 Å². The Morgan fingerprint density at radius 2 is 1.94 bits per heavy atom. The summed E-state index contributed by atoms with van der Waals surface area (Å²) in [5, 5.41) is 11.2. The maximum Gasteiger partial charge on any atom is 0.222 e. The summed E-state index contributed by atoms with van der Waals surface area (Å²) in [6.45, 7) is 1.41. The van der Waals surface area contributed by atoms with Gasteiger partial charge in [0.05, 0.1) is 29.7 Å². The second-order valence-corrected chi connectivity index (χ2v) is 3.66. The van der Waals surface area contributed by atoms with Gasteiger partial charge in [-0.25, -0.2) is 4.98 Å². The summed E-state index contributed by atoms with van der Waals surface area (Å²) < 4.78 is 0. The highest BCUT2D eigenvalue weighted by molar-refractivity contribution is 5.87. The molecule has 1 amide bonds. The van der Waals surface area contributed by atoms with Gasteiger partial charge in [0.2, 0.25) is 5.91 Å². The quantitative estimate of drug-likeness (QED) is 0.867. The number of carbonyl (C=O) groups excluding carboxylic acids is 1. The van der Waals surface area contributed by atoms with Gasteiger partial charge in [-0.1, -0.05) is 12.1 Å². The first kappa shape index (κ1) is 11.7. The predicted molar refractivity (Wildman–Crippen MR) is 66.5 cm³/mol. The summed E-state index contributed by atoms with van der Waals surface area (Å²) in [6.07, 6.45) is 3.07. The number of benzene rings is 1. The number of nitrogens with zero attached hydrogens (tertiary/aromatic N) is 3. The summed E-state index contributed by atoms with van der Waals surface area (Å²) in [4.78, 5) is 19.1. The molecule has 0 saturated heterocycles. The summed E-state index contributed by atoms with van der Waals surface area (Å²) in [7, 11) is 0. The van der Waals surface area contributed by atoms with E-state index < -0.39 is 0 Å². The Hall–Kier alpha value is -2.74. The number of rotatable bonds is 2. The van der Waals surface area contributed by atoms with Crippen molar-refractivity contribution < 1.29 is 4.79 Å². The molecule has 1 heterocycles. The number of hydrogen-bond donors (Lipinski definition) is 1. The van der Waals surface area contributed by atoms with Gasteiger partial charge in [0, 0.05) is 12.5 Å². The van der Waals surface area contributed by atoms with Crippen molar-refractivity contribution in [2.75, 3.05) is 5.32 Å². The van der Waals surface area contributed by atoms with Gasteiger partial charge < -0.3 is 5.32 Å². The minimum Gasteiger partial charge on any atom is -0.310 e. The molecular weight excluding hydrogens is 228 g/mol. The fourth-order valence-corrected chi connectivity index (χ4v) is 1.44. The van der Waals surface area contributed by atoms with Gasteiger partial charge in [-0.05, 0) is 12.1 Å². The van der Waals surface area contributed by atoms with Gasteiger partial charge in [0.25, 0.3) is 0 Å². The van der Waals surface area contributed by atoms with Crippen molar-refractivity contribution in [3.63, 3.8) is 0 Å². The molecule has 2 rings (SSSR count). The smallest absolute Gasteiger partial charge is 0.222 e. The molecule has 0 aliphatic rings. The Labute approximate surface area is 104 Å². The van der Waals surface area contributed by atoms with E-state index in [1.807, 2.05) is 0 Å². The Kier molecular flexibility index (Phi) is 3.30. The van der Waals surface area contributed by atoms with Crippen LogP contribution in [0.1, 0.15) is 12.5 Å². The van der Waals surface area contributed by atoms with Gasteiger partial charge in [0.1, 0.15) is 0 Å². The Bertz CT molecular complexity index is 596. The highest BCUT2D eigenvalue weighted by atomic mass is 16.1. The first-order chi connectivity index (χ1) is 8.69. The standard InChI is InChI=1S/C13H10N4O/c1-9(18)17-13-8-15-12(7-16-13)11-4-2-10(6-14)3-5-11/h2-5,7-8H,1H3,(H,16,17,18). The van der Waals surface area contributed by atoms with Crippen LogP contribution >= 0.6 is 0 Å². The number of aromatic nitrogens is 2. The third kappa shape index (κ3) is 2.68. The lowest BCUT2D eigenvalue weighted by Gasteiger charge is -2.03. The van der Waals surface area contributed by atoms with Crippen molar-refractivity contribution >= 4 is 11.7 Å². The topological polar surface area (TPSA) is 78.7 Å². The third-order valence-corrected chi connectivity index (χ3v) is 2.27. The molecule has 2 aromatic rings. The molecule has 0 aliphatic heterocycles. The lowest BCUT2D eigenvalue weighted by molar-refractivity contribution is -0.114. The minimum atomic E-state index is -0.185. The van der Waals surface area contributed by atoms with Gasteiger partial charge in [-0.15, -0.1) is 0 Å². The first-order valence-corrected chi connectivity index (χ1v) is 5.29. The number of hydrogen-bond acceptors (Lipinski definition) is 4. The molecule has 0 atom stereocenters. The molecule has 88 valence electrons. The number of anilines is 1. The van der Waals surface area contributed by atoms with E-state index in [-0.39, 0.29) is 5.91 Å². The van der Waals surface area contributed by atoms with Crippen LogP contribution in [0.2, 0.25) is 0 Å². The number of nitriles is 1. The van der Waals surface area contributed by atoms with E-state index in [2.05, 4.69) is 21.4 Å².